The number of rotatable bonds is 6. The van der Waals surface area contributed by atoms with Crippen molar-refractivity contribution in [3.8, 4) is 0 Å². The van der Waals surface area contributed by atoms with Crippen molar-refractivity contribution in [3.63, 3.8) is 0 Å². The Morgan fingerprint density at radius 3 is 2.33 bits per heavy atom. The highest BCUT2D eigenvalue weighted by Gasteiger charge is 2.02. The fourth-order valence-electron chi connectivity index (χ4n) is 1.05. The van der Waals surface area contributed by atoms with E-state index in [1.165, 1.54) is 0 Å². The fourth-order valence-corrected chi connectivity index (χ4v) is 1.51. The van der Waals surface area contributed by atoms with Crippen LogP contribution in [0.1, 0.15) is 13.8 Å². The first-order chi connectivity index (χ1) is 6.90. The molecule has 0 aliphatic heterocycles. The van der Waals surface area contributed by atoms with E-state index in [9.17, 15) is 8.42 Å². The molecule has 0 spiro atoms. The largest absolute Gasteiger partial charge is 0.370 e. The molecule has 0 rings (SSSR count). The molecule has 0 aromatic heterocycles. The van der Waals surface area contributed by atoms with E-state index in [-0.39, 0.29) is 6.54 Å². The second kappa shape index (κ2) is 6.62. The Balaban J connectivity index is 3.96. The molecule has 0 atom stereocenters. The molecule has 0 saturated carbocycles. The lowest BCUT2D eigenvalue weighted by atomic mass is 10.5. The maximum atomic E-state index is 10.7. The van der Waals surface area contributed by atoms with Gasteiger partial charge in [0.15, 0.2) is 5.96 Å². The quantitative estimate of drug-likeness (QED) is 0.359. The second-order valence-electron chi connectivity index (χ2n) is 3.08. The predicted molar refractivity (Wildman–Crippen MR) is 62.3 cm³/mol. The number of nitrogens with two attached hydrogens (primary N) is 1. The number of nitrogens with one attached hydrogen (secondary N) is 1. The zero-order chi connectivity index (χ0) is 11.9. The summed E-state index contributed by atoms with van der Waals surface area (Å²) >= 11 is 0. The van der Waals surface area contributed by atoms with Gasteiger partial charge in [-0.2, -0.15) is 0 Å². The van der Waals surface area contributed by atoms with Gasteiger partial charge in [-0.05, 0) is 13.8 Å². The number of nitrogens with zero attached hydrogens (tertiary/aromatic N) is 2. The van der Waals surface area contributed by atoms with Crippen molar-refractivity contribution in [2.75, 3.05) is 32.4 Å². The molecular formula is C8H20N4O2S. The Morgan fingerprint density at radius 2 is 1.93 bits per heavy atom. The topological polar surface area (TPSA) is 87.8 Å². The van der Waals surface area contributed by atoms with E-state index in [2.05, 4.69) is 9.71 Å². The minimum absolute atomic E-state index is 0.279. The Kier molecular flexibility index (Phi) is 6.26. The molecule has 0 aromatic carbocycles. The van der Waals surface area contributed by atoms with Crippen molar-refractivity contribution < 1.29 is 8.42 Å². The molecule has 90 valence electrons. The van der Waals surface area contributed by atoms with E-state index >= 15 is 0 Å². The summed E-state index contributed by atoms with van der Waals surface area (Å²) in [4.78, 5) is 5.97. The van der Waals surface area contributed by atoms with E-state index in [0.29, 0.717) is 12.5 Å². The number of hydrogen-bond acceptors (Lipinski definition) is 3. The van der Waals surface area contributed by atoms with Gasteiger partial charge in [0.2, 0.25) is 10.0 Å². The third-order valence-corrected chi connectivity index (χ3v) is 2.57. The zero-order valence-electron chi connectivity index (χ0n) is 9.52. The molecule has 0 aliphatic rings. The van der Waals surface area contributed by atoms with Gasteiger partial charge in [-0.15, -0.1) is 0 Å². The first-order valence-corrected chi connectivity index (χ1v) is 6.79. The van der Waals surface area contributed by atoms with Crippen molar-refractivity contribution >= 4 is 16.0 Å². The van der Waals surface area contributed by atoms with Crippen LogP contribution in [0.3, 0.4) is 0 Å². The van der Waals surface area contributed by atoms with Crippen molar-refractivity contribution in [2.24, 2.45) is 10.7 Å². The van der Waals surface area contributed by atoms with Crippen LogP contribution in [0.5, 0.6) is 0 Å². The van der Waals surface area contributed by atoms with Gasteiger partial charge in [-0.1, -0.05) is 0 Å². The van der Waals surface area contributed by atoms with Gasteiger partial charge >= 0.3 is 0 Å². The molecule has 0 unspecified atom stereocenters. The predicted octanol–water partition coefficient (Wildman–Crippen LogP) is -0.808. The smallest absolute Gasteiger partial charge is 0.208 e. The summed E-state index contributed by atoms with van der Waals surface area (Å²) in [6.07, 6.45) is 1.12. The normalized spacial score (nSPS) is 12.9. The highest BCUT2D eigenvalue weighted by molar-refractivity contribution is 7.88. The standard InChI is InChI=1S/C8H20N4O2S/c1-4-12(5-2)8(9)10-6-7-11-15(3,13)14/h11H,4-7H2,1-3H3,(H2,9,10). The molecular weight excluding hydrogens is 216 g/mol. The third kappa shape index (κ3) is 7.15. The summed E-state index contributed by atoms with van der Waals surface area (Å²) in [5, 5.41) is 0. The SMILES string of the molecule is CCN(CC)C(N)=NCCNS(C)(=O)=O. The van der Waals surface area contributed by atoms with E-state index in [1.807, 2.05) is 18.7 Å². The number of guanidine groups is 1. The van der Waals surface area contributed by atoms with E-state index in [0.717, 1.165) is 19.3 Å². The van der Waals surface area contributed by atoms with Crippen molar-refractivity contribution in [1.29, 1.82) is 0 Å². The number of aliphatic imine (C=N–C) groups is 1. The van der Waals surface area contributed by atoms with Crippen LogP contribution in [0.15, 0.2) is 4.99 Å². The van der Waals surface area contributed by atoms with Crippen molar-refractivity contribution in [3.05, 3.63) is 0 Å². The van der Waals surface area contributed by atoms with Crippen molar-refractivity contribution in [1.82, 2.24) is 9.62 Å². The molecule has 0 fully saturated rings. The van der Waals surface area contributed by atoms with Crippen molar-refractivity contribution in [2.45, 2.75) is 13.8 Å². The maximum absolute atomic E-state index is 10.7. The van der Waals surface area contributed by atoms with E-state index < -0.39 is 10.0 Å². The van der Waals surface area contributed by atoms with E-state index in [4.69, 9.17) is 5.73 Å². The van der Waals surface area contributed by atoms with Crippen LogP contribution in [0.4, 0.5) is 0 Å². The highest BCUT2D eigenvalue weighted by Crippen LogP contribution is 1.86. The van der Waals surface area contributed by atoms with Crippen LogP contribution >= 0.6 is 0 Å². The average molecular weight is 236 g/mol. The Morgan fingerprint density at radius 1 is 1.40 bits per heavy atom. The molecule has 0 aromatic rings. The molecule has 0 amide bonds. The fraction of sp³-hybridized carbons (Fsp3) is 0.875. The van der Waals surface area contributed by atoms with Crippen LogP contribution in [0, 0.1) is 0 Å². The molecule has 0 aliphatic carbocycles. The second-order valence-corrected chi connectivity index (χ2v) is 4.91. The van der Waals surface area contributed by atoms with Gasteiger partial charge in [-0.3, -0.25) is 4.99 Å². The third-order valence-electron chi connectivity index (χ3n) is 1.84. The lowest BCUT2D eigenvalue weighted by Crippen LogP contribution is -2.37. The monoisotopic (exact) mass is 236 g/mol. The molecule has 0 saturated heterocycles. The van der Waals surface area contributed by atoms with Gasteiger partial charge in [-0.25, -0.2) is 13.1 Å². The average Bonchev–Trinajstić information content (AvgIpc) is 2.13. The molecule has 15 heavy (non-hydrogen) atoms. The Hall–Kier alpha value is -0.820. The molecule has 0 heterocycles. The first-order valence-electron chi connectivity index (χ1n) is 4.90. The lowest BCUT2D eigenvalue weighted by Gasteiger charge is -2.19. The summed E-state index contributed by atoms with van der Waals surface area (Å²) in [5.74, 6) is 0.454. The summed E-state index contributed by atoms with van der Waals surface area (Å²) in [5.41, 5.74) is 5.69. The number of sulfonamides is 1. The van der Waals surface area contributed by atoms with Gasteiger partial charge in [0, 0.05) is 19.6 Å². The molecule has 0 radical (unpaired) electrons. The highest BCUT2D eigenvalue weighted by atomic mass is 32.2. The van der Waals surface area contributed by atoms with Crippen LogP contribution in [0.2, 0.25) is 0 Å². The minimum atomic E-state index is -3.13. The van der Waals surface area contributed by atoms with Gasteiger partial charge in [0.1, 0.15) is 0 Å². The number of hydrogen-bond donors (Lipinski definition) is 2. The molecule has 7 heteroatoms. The molecule has 3 N–H and O–H groups in total. The first kappa shape index (κ1) is 14.2. The lowest BCUT2D eigenvalue weighted by molar-refractivity contribution is 0.458. The van der Waals surface area contributed by atoms with Crippen LogP contribution < -0.4 is 10.5 Å². The summed E-state index contributed by atoms with van der Waals surface area (Å²) in [6, 6.07) is 0. The van der Waals surface area contributed by atoms with Gasteiger partial charge in [0.05, 0.1) is 12.8 Å². The van der Waals surface area contributed by atoms with Gasteiger partial charge < -0.3 is 10.6 Å². The summed E-state index contributed by atoms with van der Waals surface area (Å²) < 4.78 is 23.8. The summed E-state index contributed by atoms with van der Waals surface area (Å²) in [7, 11) is -3.13. The van der Waals surface area contributed by atoms with Crippen LogP contribution in [-0.4, -0.2) is 51.7 Å². The van der Waals surface area contributed by atoms with Gasteiger partial charge in [0.25, 0.3) is 0 Å². The molecule has 6 nitrogen and oxygen atoms in total. The van der Waals surface area contributed by atoms with Crippen LogP contribution in [-0.2, 0) is 10.0 Å². The van der Waals surface area contributed by atoms with E-state index in [1.54, 1.807) is 0 Å². The van der Waals surface area contributed by atoms with Crippen LogP contribution in [0.25, 0.3) is 0 Å². The minimum Gasteiger partial charge on any atom is -0.370 e. The zero-order valence-corrected chi connectivity index (χ0v) is 10.3. The molecule has 0 bridgehead atoms. The Labute approximate surface area is 91.6 Å². The summed E-state index contributed by atoms with van der Waals surface area (Å²) in [6.45, 7) is 6.20. The maximum Gasteiger partial charge on any atom is 0.208 e. The Bertz CT molecular complexity index is 296.